The molecule has 0 aliphatic carbocycles. The van der Waals surface area contributed by atoms with Gasteiger partial charge in [0.05, 0.1) is 5.69 Å². The van der Waals surface area contributed by atoms with Crippen molar-refractivity contribution in [1.82, 2.24) is 4.90 Å². The lowest BCUT2D eigenvalue weighted by Crippen LogP contribution is -2.43. The second-order valence-electron chi connectivity index (χ2n) is 3.92. The minimum Gasteiger partial charge on any atom is -0.396 e. The van der Waals surface area contributed by atoms with Crippen LogP contribution in [0.2, 0.25) is 0 Å². The predicted molar refractivity (Wildman–Crippen MR) is 65.1 cm³/mol. The number of nitrogens with two attached hydrogens (primary N) is 3. The predicted octanol–water partition coefficient (Wildman–Crippen LogP) is -1.04. The van der Waals surface area contributed by atoms with Crippen LogP contribution in [0.4, 0.5) is 14.5 Å². The number of nitrogens with zero attached hydrogens (tertiary/aromatic N) is 1. The molecule has 0 bridgehead atoms. The first-order valence-electron chi connectivity index (χ1n) is 5.33. The fraction of sp³-hybridized carbons (Fsp3) is 0.182. The van der Waals surface area contributed by atoms with Crippen LogP contribution in [0.25, 0.3) is 0 Å². The molecule has 7 nitrogen and oxygen atoms in total. The van der Waals surface area contributed by atoms with Crippen molar-refractivity contribution in [2.75, 3.05) is 18.8 Å². The normalized spacial score (nSPS) is 10.1. The Morgan fingerprint density at radius 2 is 1.55 bits per heavy atom. The largest absolute Gasteiger partial charge is 0.396 e. The SMILES string of the molecule is NC(=O)CN(CC(N)=O)C(=O)c1c(F)ccc(N)c1F. The van der Waals surface area contributed by atoms with Gasteiger partial charge in [0.2, 0.25) is 11.8 Å². The van der Waals surface area contributed by atoms with Gasteiger partial charge in [-0.15, -0.1) is 0 Å². The fourth-order valence-corrected chi connectivity index (χ4v) is 1.50. The minimum atomic E-state index is -1.28. The highest BCUT2D eigenvalue weighted by molar-refractivity contribution is 5.99. The summed E-state index contributed by atoms with van der Waals surface area (Å²) >= 11 is 0. The van der Waals surface area contributed by atoms with Gasteiger partial charge in [-0.3, -0.25) is 14.4 Å². The molecule has 0 saturated carbocycles. The van der Waals surface area contributed by atoms with E-state index in [1.807, 2.05) is 0 Å². The molecule has 20 heavy (non-hydrogen) atoms. The Kier molecular flexibility index (Phi) is 4.57. The molecule has 0 saturated heterocycles. The van der Waals surface area contributed by atoms with Crippen molar-refractivity contribution in [3.8, 4) is 0 Å². The van der Waals surface area contributed by atoms with Crippen LogP contribution < -0.4 is 17.2 Å². The summed E-state index contributed by atoms with van der Waals surface area (Å²) in [6.07, 6.45) is 0. The van der Waals surface area contributed by atoms with Gasteiger partial charge in [-0.1, -0.05) is 0 Å². The summed E-state index contributed by atoms with van der Waals surface area (Å²) in [6.45, 7) is -1.43. The molecule has 0 heterocycles. The molecule has 1 rings (SSSR count). The third-order valence-corrected chi connectivity index (χ3v) is 2.32. The summed E-state index contributed by atoms with van der Waals surface area (Å²) in [4.78, 5) is 34.2. The topological polar surface area (TPSA) is 133 Å². The molecule has 1 aromatic carbocycles. The van der Waals surface area contributed by atoms with Crippen molar-refractivity contribution < 1.29 is 23.2 Å². The summed E-state index contributed by atoms with van der Waals surface area (Å²) in [6, 6.07) is 1.73. The van der Waals surface area contributed by atoms with E-state index < -0.39 is 53.7 Å². The number of nitrogen functional groups attached to an aromatic ring is 1. The lowest BCUT2D eigenvalue weighted by atomic mass is 10.1. The Morgan fingerprint density at radius 3 is 2.00 bits per heavy atom. The van der Waals surface area contributed by atoms with Crippen LogP contribution in [-0.4, -0.2) is 35.7 Å². The van der Waals surface area contributed by atoms with E-state index in [1.165, 1.54) is 0 Å². The molecule has 0 aliphatic rings. The molecule has 0 fully saturated rings. The Labute approximate surface area is 112 Å². The van der Waals surface area contributed by atoms with Crippen molar-refractivity contribution >= 4 is 23.4 Å². The van der Waals surface area contributed by atoms with Crippen LogP contribution >= 0.6 is 0 Å². The van der Waals surface area contributed by atoms with Gasteiger partial charge < -0.3 is 22.1 Å². The zero-order valence-corrected chi connectivity index (χ0v) is 10.2. The molecular formula is C11H12F2N4O3. The molecule has 0 aliphatic heterocycles. The highest BCUT2D eigenvalue weighted by Gasteiger charge is 2.26. The molecule has 0 atom stereocenters. The molecule has 9 heteroatoms. The molecule has 0 spiro atoms. The third kappa shape index (κ3) is 3.40. The lowest BCUT2D eigenvalue weighted by molar-refractivity contribution is -0.121. The van der Waals surface area contributed by atoms with E-state index >= 15 is 0 Å². The van der Waals surface area contributed by atoms with Crippen LogP contribution in [0, 0.1) is 11.6 Å². The smallest absolute Gasteiger partial charge is 0.260 e. The van der Waals surface area contributed by atoms with Gasteiger partial charge in [-0.2, -0.15) is 0 Å². The Morgan fingerprint density at radius 1 is 1.05 bits per heavy atom. The van der Waals surface area contributed by atoms with Gasteiger partial charge in [0.25, 0.3) is 5.91 Å². The lowest BCUT2D eigenvalue weighted by Gasteiger charge is -2.20. The van der Waals surface area contributed by atoms with Gasteiger partial charge in [0.1, 0.15) is 24.5 Å². The highest BCUT2D eigenvalue weighted by Crippen LogP contribution is 2.20. The monoisotopic (exact) mass is 286 g/mol. The first kappa shape index (κ1) is 15.3. The maximum Gasteiger partial charge on any atom is 0.260 e. The number of carbonyl (C=O) groups excluding carboxylic acids is 3. The molecule has 1 aromatic rings. The summed E-state index contributed by atoms with van der Waals surface area (Å²) in [5.74, 6) is -5.65. The van der Waals surface area contributed by atoms with E-state index in [0.717, 1.165) is 12.1 Å². The zero-order chi connectivity index (χ0) is 15.4. The number of rotatable bonds is 5. The average Bonchev–Trinajstić information content (AvgIpc) is 2.32. The number of anilines is 1. The summed E-state index contributed by atoms with van der Waals surface area (Å²) in [5.41, 5.74) is 13.6. The number of carbonyl (C=O) groups is 3. The van der Waals surface area contributed by atoms with Crippen LogP contribution in [0.1, 0.15) is 10.4 Å². The maximum atomic E-state index is 13.7. The van der Waals surface area contributed by atoms with E-state index in [2.05, 4.69) is 0 Å². The molecule has 3 amide bonds. The van der Waals surface area contributed by atoms with Crippen molar-refractivity contribution in [2.24, 2.45) is 11.5 Å². The van der Waals surface area contributed by atoms with E-state index in [9.17, 15) is 23.2 Å². The molecule has 0 unspecified atom stereocenters. The fourth-order valence-electron chi connectivity index (χ4n) is 1.50. The summed E-state index contributed by atoms with van der Waals surface area (Å²) in [5, 5.41) is 0. The van der Waals surface area contributed by atoms with Crippen molar-refractivity contribution in [3.05, 3.63) is 29.3 Å². The first-order chi connectivity index (χ1) is 9.23. The summed E-state index contributed by atoms with van der Waals surface area (Å²) < 4.78 is 27.2. The number of hydrogen-bond donors (Lipinski definition) is 3. The molecule has 0 aromatic heterocycles. The summed E-state index contributed by atoms with van der Waals surface area (Å²) in [7, 11) is 0. The van der Waals surface area contributed by atoms with Crippen LogP contribution in [-0.2, 0) is 9.59 Å². The molecule has 108 valence electrons. The second kappa shape index (κ2) is 5.95. The number of benzene rings is 1. The Bertz CT molecular complexity index is 561. The van der Waals surface area contributed by atoms with Crippen LogP contribution in [0.15, 0.2) is 12.1 Å². The molecule has 0 radical (unpaired) electrons. The van der Waals surface area contributed by atoms with Gasteiger partial charge in [0, 0.05) is 0 Å². The Hall–Kier alpha value is -2.71. The molecular weight excluding hydrogens is 274 g/mol. The van der Waals surface area contributed by atoms with E-state index in [1.54, 1.807) is 0 Å². The van der Waals surface area contributed by atoms with Crippen molar-refractivity contribution in [3.63, 3.8) is 0 Å². The van der Waals surface area contributed by atoms with E-state index in [0.29, 0.717) is 4.90 Å². The van der Waals surface area contributed by atoms with Crippen molar-refractivity contribution in [1.29, 1.82) is 0 Å². The van der Waals surface area contributed by atoms with Crippen molar-refractivity contribution in [2.45, 2.75) is 0 Å². The van der Waals surface area contributed by atoms with Gasteiger partial charge >= 0.3 is 0 Å². The standard InChI is InChI=1S/C11H12F2N4O3/c12-5-1-2-6(14)10(13)9(5)11(20)17(3-7(15)18)4-8(16)19/h1-2H,3-4,14H2,(H2,15,18)(H2,16,19). The zero-order valence-electron chi connectivity index (χ0n) is 10.2. The van der Waals surface area contributed by atoms with Gasteiger partial charge in [0.15, 0.2) is 5.82 Å². The van der Waals surface area contributed by atoms with Crippen LogP contribution in [0.5, 0.6) is 0 Å². The average molecular weight is 286 g/mol. The number of hydrogen-bond acceptors (Lipinski definition) is 4. The minimum absolute atomic E-state index is 0.451. The number of primary amides is 2. The Balaban J connectivity index is 3.21. The third-order valence-electron chi connectivity index (χ3n) is 2.32. The van der Waals surface area contributed by atoms with E-state index in [-0.39, 0.29) is 0 Å². The van der Waals surface area contributed by atoms with E-state index in [4.69, 9.17) is 17.2 Å². The van der Waals surface area contributed by atoms with Crippen LogP contribution in [0.3, 0.4) is 0 Å². The quantitative estimate of drug-likeness (QED) is 0.596. The first-order valence-corrected chi connectivity index (χ1v) is 5.33. The van der Waals surface area contributed by atoms with Gasteiger partial charge in [-0.05, 0) is 12.1 Å². The number of halogens is 2. The maximum absolute atomic E-state index is 13.7. The second-order valence-corrected chi connectivity index (χ2v) is 3.92. The number of amides is 3. The molecule has 6 N–H and O–H groups in total. The van der Waals surface area contributed by atoms with Gasteiger partial charge in [-0.25, -0.2) is 8.78 Å². The highest BCUT2D eigenvalue weighted by atomic mass is 19.1.